The van der Waals surface area contributed by atoms with Crippen LogP contribution in [0.15, 0.2) is 18.2 Å². The van der Waals surface area contributed by atoms with Gasteiger partial charge in [0.2, 0.25) is 0 Å². The van der Waals surface area contributed by atoms with Gasteiger partial charge in [-0.15, -0.1) is 12.4 Å². The molecule has 0 radical (unpaired) electrons. The van der Waals surface area contributed by atoms with Gasteiger partial charge < -0.3 is 10.5 Å². The van der Waals surface area contributed by atoms with Crippen molar-refractivity contribution in [3.05, 3.63) is 28.8 Å². The number of halogens is 2. The molecule has 0 aliphatic rings. The topological polar surface area (TPSA) is 35.2 Å². The van der Waals surface area contributed by atoms with Crippen molar-refractivity contribution in [2.75, 3.05) is 13.7 Å². The standard InChI is InChI=1S/C9H12ClNO.ClH/c1-12-9-3-2-8(10)6-7(9)4-5-11;/h2-3,6H,4-5,11H2,1H3;1H. The van der Waals surface area contributed by atoms with Gasteiger partial charge in [0.1, 0.15) is 5.75 Å². The molecule has 1 aromatic rings. The van der Waals surface area contributed by atoms with Gasteiger partial charge in [0.25, 0.3) is 0 Å². The van der Waals surface area contributed by atoms with Gasteiger partial charge in [-0.25, -0.2) is 0 Å². The lowest BCUT2D eigenvalue weighted by atomic mass is 10.1. The van der Waals surface area contributed by atoms with Crippen molar-refractivity contribution in [2.45, 2.75) is 6.42 Å². The molecular formula is C9H13Cl2NO. The van der Waals surface area contributed by atoms with Crippen molar-refractivity contribution in [2.24, 2.45) is 5.73 Å². The van der Waals surface area contributed by atoms with E-state index in [0.717, 1.165) is 22.8 Å². The Hall–Kier alpha value is -0.440. The van der Waals surface area contributed by atoms with Crippen LogP contribution in [0.2, 0.25) is 5.02 Å². The molecule has 0 bridgehead atoms. The third-order valence-electron chi connectivity index (χ3n) is 1.66. The molecule has 0 unspecified atom stereocenters. The average molecular weight is 222 g/mol. The highest BCUT2D eigenvalue weighted by molar-refractivity contribution is 6.30. The molecule has 1 aromatic carbocycles. The summed E-state index contributed by atoms with van der Waals surface area (Å²) in [6, 6.07) is 5.54. The molecule has 0 aromatic heterocycles. The Balaban J connectivity index is 0.00000144. The van der Waals surface area contributed by atoms with E-state index in [9.17, 15) is 0 Å². The van der Waals surface area contributed by atoms with Crippen LogP contribution >= 0.6 is 24.0 Å². The van der Waals surface area contributed by atoms with Crippen LogP contribution in [0.3, 0.4) is 0 Å². The lowest BCUT2D eigenvalue weighted by Crippen LogP contribution is -2.04. The minimum atomic E-state index is 0. The molecule has 0 fully saturated rings. The minimum absolute atomic E-state index is 0. The Morgan fingerprint density at radius 1 is 1.46 bits per heavy atom. The number of benzene rings is 1. The minimum Gasteiger partial charge on any atom is -0.496 e. The van der Waals surface area contributed by atoms with Crippen LogP contribution in [-0.4, -0.2) is 13.7 Å². The molecule has 74 valence electrons. The normalized spacial score (nSPS) is 9.15. The lowest BCUT2D eigenvalue weighted by Gasteiger charge is -2.06. The molecule has 1 rings (SSSR count). The van der Waals surface area contributed by atoms with E-state index in [4.69, 9.17) is 22.1 Å². The van der Waals surface area contributed by atoms with Crippen molar-refractivity contribution < 1.29 is 4.74 Å². The molecule has 13 heavy (non-hydrogen) atoms. The van der Waals surface area contributed by atoms with Gasteiger partial charge in [0.15, 0.2) is 0 Å². The third-order valence-corrected chi connectivity index (χ3v) is 1.89. The van der Waals surface area contributed by atoms with Crippen LogP contribution in [-0.2, 0) is 6.42 Å². The molecule has 2 nitrogen and oxygen atoms in total. The molecule has 0 atom stereocenters. The first-order valence-corrected chi connectivity index (χ1v) is 4.18. The largest absolute Gasteiger partial charge is 0.496 e. The Morgan fingerprint density at radius 2 is 2.15 bits per heavy atom. The summed E-state index contributed by atoms with van der Waals surface area (Å²) < 4.78 is 5.14. The first kappa shape index (κ1) is 12.6. The van der Waals surface area contributed by atoms with E-state index in [1.807, 2.05) is 12.1 Å². The van der Waals surface area contributed by atoms with Crippen LogP contribution in [0.5, 0.6) is 5.75 Å². The van der Waals surface area contributed by atoms with E-state index in [-0.39, 0.29) is 12.4 Å². The predicted molar refractivity (Wildman–Crippen MR) is 58.0 cm³/mol. The van der Waals surface area contributed by atoms with Crippen molar-refractivity contribution in [1.82, 2.24) is 0 Å². The van der Waals surface area contributed by atoms with E-state index < -0.39 is 0 Å². The summed E-state index contributed by atoms with van der Waals surface area (Å²) in [4.78, 5) is 0. The molecule has 0 amide bonds. The number of hydrogen-bond donors (Lipinski definition) is 1. The van der Waals surface area contributed by atoms with Crippen LogP contribution in [0.25, 0.3) is 0 Å². The number of ether oxygens (including phenoxy) is 1. The highest BCUT2D eigenvalue weighted by Crippen LogP contribution is 2.22. The first-order chi connectivity index (χ1) is 5.77. The molecule has 0 saturated heterocycles. The molecule has 0 aliphatic heterocycles. The summed E-state index contributed by atoms with van der Waals surface area (Å²) in [5, 5.41) is 0.722. The SMILES string of the molecule is COc1ccc(Cl)cc1CCN.Cl. The Bertz CT molecular complexity index is 266. The molecule has 0 saturated carbocycles. The fourth-order valence-electron chi connectivity index (χ4n) is 1.10. The van der Waals surface area contributed by atoms with Crippen LogP contribution in [0.4, 0.5) is 0 Å². The predicted octanol–water partition coefficient (Wildman–Crippen LogP) is 2.27. The van der Waals surface area contributed by atoms with Crippen molar-refractivity contribution in [1.29, 1.82) is 0 Å². The van der Waals surface area contributed by atoms with E-state index in [2.05, 4.69) is 0 Å². The third kappa shape index (κ3) is 3.43. The van der Waals surface area contributed by atoms with Gasteiger partial charge in [0.05, 0.1) is 7.11 Å². The summed E-state index contributed by atoms with van der Waals surface area (Å²) in [5.74, 6) is 0.852. The van der Waals surface area contributed by atoms with Gasteiger partial charge in [-0.3, -0.25) is 0 Å². The maximum absolute atomic E-state index is 5.81. The number of hydrogen-bond acceptors (Lipinski definition) is 2. The van der Waals surface area contributed by atoms with E-state index in [1.54, 1.807) is 13.2 Å². The molecule has 0 spiro atoms. The fourth-order valence-corrected chi connectivity index (χ4v) is 1.29. The number of rotatable bonds is 3. The summed E-state index contributed by atoms with van der Waals surface area (Å²) in [6.45, 7) is 0.608. The Morgan fingerprint density at radius 3 is 2.69 bits per heavy atom. The van der Waals surface area contributed by atoms with Crippen LogP contribution in [0.1, 0.15) is 5.56 Å². The molecule has 0 heterocycles. The lowest BCUT2D eigenvalue weighted by molar-refractivity contribution is 0.410. The van der Waals surface area contributed by atoms with Crippen molar-refractivity contribution >= 4 is 24.0 Å². The molecule has 4 heteroatoms. The van der Waals surface area contributed by atoms with Crippen LogP contribution in [0, 0.1) is 0 Å². The zero-order valence-corrected chi connectivity index (χ0v) is 8.99. The summed E-state index contributed by atoms with van der Waals surface area (Å²) in [5.41, 5.74) is 6.50. The van der Waals surface area contributed by atoms with Crippen molar-refractivity contribution in [3.63, 3.8) is 0 Å². The highest BCUT2D eigenvalue weighted by Gasteiger charge is 2.01. The van der Waals surface area contributed by atoms with Gasteiger partial charge in [-0.05, 0) is 36.7 Å². The van der Waals surface area contributed by atoms with Gasteiger partial charge in [-0.1, -0.05) is 11.6 Å². The average Bonchev–Trinajstić information content (AvgIpc) is 2.05. The zero-order valence-electron chi connectivity index (χ0n) is 7.42. The summed E-state index contributed by atoms with van der Waals surface area (Å²) in [7, 11) is 1.64. The molecule has 2 N–H and O–H groups in total. The number of nitrogens with two attached hydrogens (primary N) is 1. The zero-order chi connectivity index (χ0) is 8.97. The first-order valence-electron chi connectivity index (χ1n) is 3.80. The second kappa shape index (κ2) is 6.08. The quantitative estimate of drug-likeness (QED) is 0.851. The smallest absolute Gasteiger partial charge is 0.122 e. The second-order valence-corrected chi connectivity index (χ2v) is 2.93. The summed E-state index contributed by atoms with van der Waals surface area (Å²) >= 11 is 5.81. The van der Waals surface area contributed by atoms with Gasteiger partial charge in [-0.2, -0.15) is 0 Å². The maximum Gasteiger partial charge on any atom is 0.122 e. The molecular weight excluding hydrogens is 209 g/mol. The monoisotopic (exact) mass is 221 g/mol. The highest BCUT2D eigenvalue weighted by atomic mass is 35.5. The van der Waals surface area contributed by atoms with E-state index >= 15 is 0 Å². The van der Waals surface area contributed by atoms with Gasteiger partial charge in [0, 0.05) is 5.02 Å². The number of methoxy groups -OCH3 is 1. The van der Waals surface area contributed by atoms with E-state index in [0.29, 0.717) is 6.54 Å². The Labute approximate surface area is 89.4 Å². The maximum atomic E-state index is 5.81. The second-order valence-electron chi connectivity index (χ2n) is 2.49. The summed E-state index contributed by atoms with van der Waals surface area (Å²) in [6.07, 6.45) is 0.795. The van der Waals surface area contributed by atoms with E-state index in [1.165, 1.54) is 0 Å². The molecule has 0 aliphatic carbocycles. The van der Waals surface area contributed by atoms with Crippen molar-refractivity contribution in [3.8, 4) is 5.75 Å². The van der Waals surface area contributed by atoms with Gasteiger partial charge >= 0.3 is 0 Å². The van der Waals surface area contributed by atoms with Crippen LogP contribution < -0.4 is 10.5 Å². The Kier molecular flexibility index (Phi) is 5.88. The fraction of sp³-hybridized carbons (Fsp3) is 0.333.